The first-order valence-electron chi connectivity index (χ1n) is 8.89. The van der Waals surface area contributed by atoms with Gasteiger partial charge in [-0.15, -0.1) is 0 Å². The van der Waals surface area contributed by atoms with E-state index in [0.717, 1.165) is 11.3 Å². The molecule has 154 valence electrons. The maximum atomic E-state index is 12.4. The molecular weight excluding hydrogens is 409 g/mol. The Morgan fingerprint density at radius 3 is 2.76 bits per heavy atom. The number of halogens is 4. The lowest BCUT2D eigenvalue weighted by Crippen LogP contribution is -2.30. The summed E-state index contributed by atoms with van der Waals surface area (Å²) in [6.07, 6.45) is -3.67. The summed E-state index contributed by atoms with van der Waals surface area (Å²) in [6.45, 7) is -1.49. The van der Waals surface area contributed by atoms with Gasteiger partial charge in [0.1, 0.15) is 5.75 Å². The quantitative estimate of drug-likeness (QED) is 0.696. The minimum atomic E-state index is -4.51. The molecule has 2 aromatic carbocycles. The number of amides is 2. The van der Waals surface area contributed by atoms with Crippen molar-refractivity contribution in [1.29, 1.82) is 0 Å². The van der Waals surface area contributed by atoms with Gasteiger partial charge in [-0.05, 0) is 42.7 Å². The Morgan fingerprint density at radius 1 is 1.24 bits per heavy atom. The standard InChI is InChI=1S/C20H18ClF3N2O3/c21-14-6-7-17(29-11-20(22,23)24)16(10-14)25-18(27)8-5-13-9-12-3-1-2-4-15(12)26-19(13)28/h1-4,6-7,10,13H,5,8-9,11H2,(H,25,27)(H,26,28). The van der Waals surface area contributed by atoms with E-state index in [1.807, 2.05) is 24.3 Å². The van der Waals surface area contributed by atoms with Crippen molar-refractivity contribution in [2.45, 2.75) is 25.4 Å². The van der Waals surface area contributed by atoms with Crippen molar-refractivity contribution in [2.24, 2.45) is 5.92 Å². The number of nitrogens with one attached hydrogen (secondary N) is 2. The Kier molecular flexibility index (Phi) is 6.32. The third-order valence-electron chi connectivity index (χ3n) is 4.44. The Balaban J connectivity index is 1.60. The third-order valence-corrected chi connectivity index (χ3v) is 4.67. The molecule has 0 radical (unpaired) electrons. The molecular formula is C20H18ClF3N2O3. The SMILES string of the molecule is O=C(CCC1Cc2ccccc2NC1=O)Nc1cc(Cl)ccc1OCC(F)(F)F. The molecule has 1 aliphatic heterocycles. The van der Waals surface area contributed by atoms with Gasteiger partial charge in [0.15, 0.2) is 6.61 Å². The molecule has 2 aromatic rings. The minimum absolute atomic E-state index is 0.0193. The number of anilines is 2. The van der Waals surface area contributed by atoms with E-state index in [4.69, 9.17) is 16.3 Å². The van der Waals surface area contributed by atoms with E-state index in [0.29, 0.717) is 12.8 Å². The number of carbonyl (C=O) groups excluding carboxylic acids is 2. The van der Waals surface area contributed by atoms with E-state index in [-0.39, 0.29) is 34.7 Å². The van der Waals surface area contributed by atoms with Gasteiger partial charge in [-0.2, -0.15) is 13.2 Å². The summed E-state index contributed by atoms with van der Waals surface area (Å²) in [7, 11) is 0. The highest BCUT2D eigenvalue weighted by Gasteiger charge is 2.29. The number of carbonyl (C=O) groups is 2. The summed E-state index contributed by atoms with van der Waals surface area (Å²) in [5.41, 5.74) is 1.81. The predicted molar refractivity (Wildman–Crippen MR) is 103 cm³/mol. The summed E-state index contributed by atoms with van der Waals surface area (Å²) < 4.78 is 42.0. The normalized spacial score (nSPS) is 16.0. The molecule has 1 unspecified atom stereocenters. The highest BCUT2D eigenvalue weighted by atomic mass is 35.5. The summed E-state index contributed by atoms with van der Waals surface area (Å²) in [5.74, 6) is -1.11. The van der Waals surface area contributed by atoms with Crippen LogP contribution in [0.25, 0.3) is 0 Å². The molecule has 1 aliphatic rings. The van der Waals surface area contributed by atoms with E-state index in [2.05, 4.69) is 10.6 Å². The summed E-state index contributed by atoms with van der Waals surface area (Å²) in [5, 5.41) is 5.57. The van der Waals surface area contributed by atoms with Crippen molar-refractivity contribution < 1.29 is 27.5 Å². The van der Waals surface area contributed by atoms with Crippen LogP contribution < -0.4 is 15.4 Å². The Bertz CT molecular complexity index is 918. The molecule has 0 fully saturated rings. The topological polar surface area (TPSA) is 67.4 Å². The van der Waals surface area contributed by atoms with Crippen molar-refractivity contribution in [3.05, 3.63) is 53.1 Å². The van der Waals surface area contributed by atoms with Crippen LogP contribution in [0.15, 0.2) is 42.5 Å². The van der Waals surface area contributed by atoms with Crippen molar-refractivity contribution in [3.8, 4) is 5.75 Å². The second kappa shape index (κ2) is 8.73. The maximum Gasteiger partial charge on any atom is 0.422 e. The zero-order valence-electron chi connectivity index (χ0n) is 15.2. The van der Waals surface area contributed by atoms with E-state index >= 15 is 0 Å². The number of ether oxygens (including phenoxy) is 1. The molecule has 0 spiro atoms. The first kappa shape index (κ1) is 21.0. The van der Waals surface area contributed by atoms with Crippen LogP contribution in [-0.2, 0) is 16.0 Å². The van der Waals surface area contributed by atoms with E-state index in [9.17, 15) is 22.8 Å². The van der Waals surface area contributed by atoms with Crippen LogP contribution in [0, 0.1) is 5.92 Å². The van der Waals surface area contributed by atoms with Crippen LogP contribution in [0.5, 0.6) is 5.75 Å². The van der Waals surface area contributed by atoms with Gasteiger partial charge in [0.05, 0.1) is 5.69 Å². The zero-order chi connectivity index (χ0) is 21.0. The van der Waals surface area contributed by atoms with Crippen molar-refractivity contribution in [2.75, 3.05) is 17.2 Å². The number of rotatable bonds is 6. The van der Waals surface area contributed by atoms with Gasteiger partial charge in [0, 0.05) is 23.0 Å². The van der Waals surface area contributed by atoms with Crippen LogP contribution in [0.3, 0.4) is 0 Å². The number of alkyl halides is 3. The monoisotopic (exact) mass is 426 g/mol. The largest absolute Gasteiger partial charge is 0.482 e. The van der Waals surface area contributed by atoms with Crippen LogP contribution >= 0.6 is 11.6 Å². The second-order valence-electron chi connectivity index (χ2n) is 6.68. The van der Waals surface area contributed by atoms with Gasteiger partial charge in [-0.25, -0.2) is 0 Å². The number of hydrogen-bond acceptors (Lipinski definition) is 3. The third kappa shape index (κ3) is 5.87. The lowest BCUT2D eigenvalue weighted by molar-refractivity contribution is -0.153. The van der Waals surface area contributed by atoms with Crippen LogP contribution in [0.1, 0.15) is 18.4 Å². The molecule has 0 aromatic heterocycles. The van der Waals surface area contributed by atoms with Crippen LogP contribution in [0.4, 0.5) is 24.5 Å². The number of fused-ring (bicyclic) bond motifs is 1. The lowest BCUT2D eigenvalue weighted by atomic mass is 9.89. The molecule has 0 aliphatic carbocycles. The van der Waals surface area contributed by atoms with Crippen LogP contribution in [0.2, 0.25) is 5.02 Å². The Hall–Kier alpha value is -2.74. The minimum Gasteiger partial charge on any atom is -0.482 e. The van der Waals surface area contributed by atoms with E-state index < -0.39 is 18.7 Å². The van der Waals surface area contributed by atoms with Gasteiger partial charge in [-0.1, -0.05) is 29.8 Å². The van der Waals surface area contributed by atoms with E-state index in [1.54, 1.807) is 0 Å². The first-order valence-corrected chi connectivity index (χ1v) is 9.27. The highest BCUT2D eigenvalue weighted by molar-refractivity contribution is 6.31. The van der Waals surface area contributed by atoms with Gasteiger partial charge < -0.3 is 15.4 Å². The maximum absolute atomic E-state index is 12.4. The Morgan fingerprint density at radius 2 is 2.00 bits per heavy atom. The van der Waals surface area contributed by atoms with Crippen molar-refractivity contribution in [3.63, 3.8) is 0 Å². The van der Waals surface area contributed by atoms with Crippen molar-refractivity contribution in [1.82, 2.24) is 0 Å². The van der Waals surface area contributed by atoms with Gasteiger partial charge in [-0.3, -0.25) is 9.59 Å². The predicted octanol–water partition coefficient (Wildman–Crippen LogP) is 4.81. The average Bonchev–Trinajstić information content (AvgIpc) is 2.65. The van der Waals surface area contributed by atoms with E-state index in [1.165, 1.54) is 18.2 Å². The summed E-state index contributed by atoms with van der Waals surface area (Å²) in [6, 6.07) is 11.4. The molecule has 0 saturated heterocycles. The fourth-order valence-electron chi connectivity index (χ4n) is 3.05. The average molecular weight is 427 g/mol. The molecule has 2 N–H and O–H groups in total. The number of benzene rings is 2. The molecule has 5 nitrogen and oxygen atoms in total. The van der Waals surface area contributed by atoms with Crippen molar-refractivity contribution >= 4 is 34.8 Å². The fourth-order valence-corrected chi connectivity index (χ4v) is 3.22. The lowest BCUT2D eigenvalue weighted by Gasteiger charge is -2.24. The molecule has 0 saturated carbocycles. The summed E-state index contributed by atoms with van der Waals surface area (Å²) >= 11 is 5.87. The zero-order valence-corrected chi connectivity index (χ0v) is 15.9. The molecule has 1 atom stereocenters. The highest BCUT2D eigenvalue weighted by Crippen LogP contribution is 2.31. The number of hydrogen-bond donors (Lipinski definition) is 2. The number of para-hydroxylation sites is 1. The summed E-state index contributed by atoms with van der Waals surface area (Å²) in [4.78, 5) is 24.5. The van der Waals surface area contributed by atoms with Gasteiger partial charge in [0.25, 0.3) is 0 Å². The van der Waals surface area contributed by atoms with Gasteiger partial charge >= 0.3 is 6.18 Å². The molecule has 29 heavy (non-hydrogen) atoms. The fraction of sp³-hybridized carbons (Fsp3) is 0.300. The molecule has 2 amide bonds. The Labute approximate surface area is 170 Å². The molecule has 1 heterocycles. The first-order chi connectivity index (χ1) is 13.7. The smallest absolute Gasteiger partial charge is 0.422 e. The van der Waals surface area contributed by atoms with Gasteiger partial charge in [0.2, 0.25) is 11.8 Å². The van der Waals surface area contributed by atoms with Crippen LogP contribution in [-0.4, -0.2) is 24.6 Å². The molecule has 9 heteroatoms. The molecule has 3 rings (SSSR count). The molecule has 0 bridgehead atoms. The second-order valence-corrected chi connectivity index (χ2v) is 7.12.